The van der Waals surface area contributed by atoms with Gasteiger partial charge in [0, 0.05) is 12.6 Å². The van der Waals surface area contributed by atoms with Gasteiger partial charge in [-0.1, -0.05) is 12.1 Å². The van der Waals surface area contributed by atoms with Gasteiger partial charge in [-0.15, -0.1) is 0 Å². The molecule has 1 aromatic rings. The Bertz CT molecular complexity index is 336. The van der Waals surface area contributed by atoms with E-state index in [0.29, 0.717) is 12.2 Å². The molecule has 1 heterocycles. The molecular weight excluding hydrogens is 156 g/mol. The van der Waals surface area contributed by atoms with Crippen molar-refractivity contribution in [3.63, 3.8) is 0 Å². The lowest BCUT2D eigenvalue weighted by Crippen LogP contribution is -1.95. The Morgan fingerprint density at radius 2 is 2.33 bits per heavy atom. The number of rotatable bonds is 1. The summed E-state index contributed by atoms with van der Waals surface area (Å²) in [5, 5.41) is 14.6. The van der Waals surface area contributed by atoms with Gasteiger partial charge in [0.15, 0.2) is 0 Å². The van der Waals surface area contributed by atoms with Crippen LogP contribution >= 0.6 is 0 Å². The molecule has 0 saturated heterocycles. The highest BCUT2D eigenvalue weighted by molar-refractivity contribution is 5.63. The summed E-state index contributed by atoms with van der Waals surface area (Å²) in [5.74, 6) is 0. The lowest BCUT2D eigenvalue weighted by molar-refractivity contribution is -0.384. The summed E-state index contributed by atoms with van der Waals surface area (Å²) in [5.41, 5.74) is 1.69. The predicted molar refractivity (Wildman–Crippen MR) is 43.5 cm³/mol. The zero-order valence-corrected chi connectivity index (χ0v) is 6.36. The number of hydrogen-bond acceptors (Lipinski definition) is 2. The molecule has 0 amide bonds. The van der Waals surface area contributed by atoms with Gasteiger partial charge < -0.3 is 0 Å². The lowest BCUT2D eigenvalue weighted by Gasteiger charge is -1.97. The van der Waals surface area contributed by atoms with Crippen LogP contribution in [0.2, 0.25) is 0 Å². The van der Waals surface area contributed by atoms with Crippen molar-refractivity contribution in [1.29, 1.82) is 0 Å². The van der Waals surface area contributed by atoms with Gasteiger partial charge >= 0.3 is 0 Å². The summed E-state index contributed by atoms with van der Waals surface area (Å²) in [4.78, 5) is 10.1. The van der Waals surface area contributed by atoms with E-state index in [4.69, 9.17) is 0 Å². The van der Waals surface area contributed by atoms with Crippen LogP contribution in [0.1, 0.15) is 5.56 Å². The Labute approximate surface area is 69.4 Å². The minimum Gasteiger partial charge on any atom is -0.278 e. The van der Waals surface area contributed by atoms with Gasteiger partial charge in [0.1, 0.15) is 5.69 Å². The Kier molecular flexibility index (Phi) is 1.46. The SMILES string of the molecule is O=[N+]([O-])c1cccc2c1[N]CC2. The van der Waals surface area contributed by atoms with Crippen LogP contribution in [0.3, 0.4) is 0 Å². The maximum atomic E-state index is 10.5. The zero-order chi connectivity index (χ0) is 8.55. The minimum absolute atomic E-state index is 0.130. The highest BCUT2D eigenvalue weighted by atomic mass is 16.6. The van der Waals surface area contributed by atoms with Crippen LogP contribution in [0.4, 0.5) is 11.4 Å². The van der Waals surface area contributed by atoms with Gasteiger partial charge in [-0.2, -0.15) is 0 Å². The Morgan fingerprint density at radius 1 is 1.50 bits per heavy atom. The Balaban J connectivity index is 2.56. The van der Waals surface area contributed by atoms with E-state index in [9.17, 15) is 10.1 Å². The Hall–Kier alpha value is -1.58. The fraction of sp³-hybridized carbons (Fsp3) is 0.250. The van der Waals surface area contributed by atoms with Crippen molar-refractivity contribution in [1.82, 2.24) is 5.32 Å². The average molecular weight is 163 g/mol. The van der Waals surface area contributed by atoms with Gasteiger partial charge in [-0.05, 0) is 12.0 Å². The molecule has 0 aromatic heterocycles. The third-order valence-electron chi connectivity index (χ3n) is 1.95. The molecule has 61 valence electrons. The lowest BCUT2D eigenvalue weighted by atomic mass is 10.1. The maximum Gasteiger partial charge on any atom is 0.294 e. The van der Waals surface area contributed by atoms with E-state index in [-0.39, 0.29) is 10.6 Å². The molecule has 12 heavy (non-hydrogen) atoms. The van der Waals surface area contributed by atoms with E-state index in [0.717, 1.165) is 12.0 Å². The standard InChI is InChI=1S/C8H7N2O2/c11-10(12)7-3-1-2-6-4-5-9-8(6)7/h1-3H,4-5H2. The maximum absolute atomic E-state index is 10.5. The van der Waals surface area contributed by atoms with Crippen molar-refractivity contribution in [3.8, 4) is 0 Å². The molecule has 0 atom stereocenters. The molecular formula is C8H7N2O2. The van der Waals surface area contributed by atoms with Gasteiger partial charge in [0.05, 0.1) is 4.92 Å². The van der Waals surface area contributed by atoms with Gasteiger partial charge in [0.2, 0.25) is 0 Å². The molecule has 0 saturated carbocycles. The van der Waals surface area contributed by atoms with Crippen molar-refractivity contribution in [2.75, 3.05) is 6.54 Å². The molecule has 1 aliphatic heterocycles. The quantitative estimate of drug-likeness (QED) is 0.464. The zero-order valence-electron chi connectivity index (χ0n) is 6.36. The molecule has 1 aromatic carbocycles. The number of nitrogens with zero attached hydrogens (tertiary/aromatic N) is 2. The van der Waals surface area contributed by atoms with E-state index in [1.54, 1.807) is 6.07 Å². The fourth-order valence-electron chi connectivity index (χ4n) is 1.40. The molecule has 0 N–H and O–H groups in total. The van der Waals surface area contributed by atoms with Crippen LogP contribution in [0.15, 0.2) is 18.2 Å². The van der Waals surface area contributed by atoms with Crippen LogP contribution in [-0.2, 0) is 6.42 Å². The van der Waals surface area contributed by atoms with E-state index in [1.807, 2.05) is 6.07 Å². The van der Waals surface area contributed by atoms with Crippen molar-refractivity contribution < 1.29 is 4.92 Å². The van der Waals surface area contributed by atoms with Crippen LogP contribution < -0.4 is 5.32 Å². The summed E-state index contributed by atoms with van der Waals surface area (Å²) in [6, 6.07) is 5.09. The second kappa shape index (κ2) is 2.48. The minimum atomic E-state index is -0.381. The Morgan fingerprint density at radius 3 is 3.08 bits per heavy atom. The number of hydrogen-bond donors (Lipinski definition) is 0. The van der Waals surface area contributed by atoms with Gasteiger partial charge in [-0.3, -0.25) is 15.4 Å². The van der Waals surface area contributed by atoms with Crippen LogP contribution in [0.5, 0.6) is 0 Å². The van der Waals surface area contributed by atoms with Crippen molar-refractivity contribution in [2.24, 2.45) is 0 Å². The van der Waals surface area contributed by atoms with Crippen molar-refractivity contribution in [2.45, 2.75) is 6.42 Å². The molecule has 4 heteroatoms. The number of nitro groups is 1. The van der Waals surface area contributed by atoms with Gasteiger partial charge in [0.25, 0.3) is 5.69 Å². The van der Waals surface area contributed by atoms with Crippen molar-refractivity contribution in [3.05, 3.63) is 33.9 Å². The largest absolute Gasteiger partial charge is 0.294 e. The molecule has 0 fully saturated rings. The number of benzene rings is 1. The predicted octanol–water partition coefficient (Wildman–Crippen LogP) is 1.39. The second-order valence-electron chi connectivity index (χ2n) is 2.67. The van der Waals surface area contributed by atoms with Crippen molar-refractivity contribution >= 4 is 11.4 Å². The molecule has 1 aliphatic rings. The molecule has 0 spiro atoms. The van der Waals surface area contributed by atoms with E-state index >= 15 is 0 Å². The first-order valence-corrected chi connectivity index (χ1v) is 3.73. The smallest absolute Gasteiger partial charge is 0.278 e. The topological polar surface area (TPSA) is 57.2 Å². The van der Waals surface area contributed by atoms with E-state index in [1.165, 1.54) is 6.07 Å². The van der Waals surface area contributed by atoms with Crippen LogP contribution in [0.25, 0.3) is 0 Å². The highest BCUT2D eigenvalue weighted by Gasteiger charge is 2.21. The highest BCUT2D eigenvalue weighted by Crippen LogP contribution is 2.31. The normalized spacial score (nSPS) is 13.7. The molecule has 2 rings (SSSR count). The summed E-state index contributed by atoms with van der Waals surface area (Å²) < 4.78 is 0. The molecule has 0 unspecified atom stereocenters. The monoisotopic (exact) mass is 163 g/mol. The number of fused-ring (bicyclic) bond motifs is 1. The summed E-state index contributed by atoms with van der Waals surface area (Å²) in [7, 11) is 0. The molecule has 1 radical (unpaired) electrons. The first-order valence-electron chi connectivity index (χ1n) is 3.73. The van der Waals surface area contributed by atoms with E-state index < -0.39 is 0 Å². The first-order chi connectivity index (χ1) is 5.79. The van der Waals surface area contributed by atoms with Gasteiger partial charge in [-0.25, -0.2) is 0 Å². The van der Waals surface area contributed by atoms with Crippen LogP contribution in [-0.4, -0.2) is 11.5 Å². The summed E-state index contributed by atoms with van der Waals surface area (Å²) in [6.07, 6.45) is 0.830. The number of nitro benzene ring substituents is 1. The molecule has 0 bridgehead atoms. The third-order valence-corrected chi connectivity index (χ3v) is 1.95. The third kappa shape index (κ3) is 0.922. The number of para-hydroxylation sites is 1. The fourth-order valence-corrected chi connectivity index (χ4v) is 1.40. The average Bonchev–Trinajstić information content (AvgIpc) is 2.49. The van der Waals surface area contributed by atoms with E-state index in [2.05, 4.69) is 5.32 Å². The summed E-state index contributed by atoms with van der Waals surface area (Å²) in [6.45, 7) is 0.681. The first kappa shape index (κ1) is 7.09. The molecule has 4 nitrogen and oxygen atoms in total. The van der Waals surface area contributed by atoms with Crippen LogP contribution in [0, 0.1) is 10.1 Å². The second-order valence-corrected chi connectivity index (χ2v) is 2.67. The summed E-state index contributed by atoms with van der Waals surface area (Å²) >= 11 is 0. The molecule has 0 aliphatic carbocycles.